The Balaban J connectivity index is 1.69. The van der Waals surface area contributed by atoms with E-state index < -0.39 is 0 Å². The van der Waals surface area contributed by atoms with Crippen LogP contribution in [-0.4, -0.2) is 34.3 Å². The van der Waals surface area contributed by atoms with E-state index in [1.165, 1.54) is 0 Å². The van der Waals surface area contributed by atoms with E-state index in [2.05, 4.69) is 39.3 Å². The topological polar surface area (TPSA) is 89.4 Å². The molecule has 7 nitrogen and oxygen atoms in total. The molecule has 0 fully saturated rings. The van der Waals surface area contributed by atoms with Gasteiger partial charge in [-0.3, -0.25) is 0 Å². The summed E-state index contributed by atoms with van der Waals surface area (Å²) in [6.07, 6.45) is 1.66. The molecule has 0 aliphatic carbocycles. The van der Waals surface area contributed by atoms with Gasteiger partial charge in [0.15, 0.2) is 11.5 Å². The van der Waals surface area contributed by atoms with Crippen LogP contribution in [-0.2, 0) is 0 Å². The molecule has 1 atom stereocenters. The Morgan fingerprint density at radius 3 is 2.42 bits per heavy atom. The van der Waals surface area contributed by atoms with Gasteiger partial charge in [0.2, 0.25) is 5.88 Å². The number of hydrogen-bond donors (Lipinski definition) is 2. The first-order valence-corrected chi connectivity index (χ1v) is 9.90. The summed E-state index contributed by atoms with van der Waals surface area (Å²) < 4.78 is 10.9. The molecule has 0 saturated heterocycles. The van der Waals surface area contributed by atoms with Crippen molar-refractivity contribution in [3.63, 3.8) is 0 Å². The molecule has 7 heteroatoms. The average Bonchev–Trinajstić information content (AvgIpc) is 2.78. The van der Waals surface area contributed by atoms with Crippen molar-refractivity contribution in [2.24, 2.45) is 0 Å². The second-order valence-electron chi connectivity index (χ2n) is 7.24. The van der Waals surface area contributed by atoms with Gasteiger partial charge in [-0.1, -0.05) is 18.2 Å². The van der Waals surface area contributed by atoms with E-state index in [9.17, 15) is 5.11 Å². The third-order valence-corrected chi connectivity index (χ3v) is 5.13. The number of aryl methyl sites for hydroxylation is 1. The minimum Gasteiger partial charge on any atom is -0.493 e. The fraction of sp³-hybridized carbons (Fsp3) is 0.208. The Bertz CT molecular complexity index is 1230. The van der Waals surface area contributed by atoms with Crippen molar-refractivity contribution in [2.45, 2.75) is 19.9 Å². The molecule has 0 aliphatic heterocycles. The van der Waals surface area contributed by atoms with Crippen LogP contribution in [0.1, 0.15) is 24.4 Å². The zero-order valence-corrected chi connectivity index (χ0v) is 17.9. The van der Waals surface area contributed by atoms with Crippen LogP contribution >= 0.6 is 0 Å². The van der Waals surface area contributed by atoms with Crippen molar-refractivity contribution in [2.75, 3.05) is 19.5 Å². The maximum atomic E-state index is 9.44. The molecule has 0 saturated carbocycles. The van der Waals surface area contributed by atoms with Gasteiger partial charge in [0.05, 0.1) is 19.7 Å². The van der Waals surface area contributed by atoms with Crippen LogP contribution < -0.4 is 14.8 Å². The van der Waals surface area contributed by atoms with Crippen LogP contribution in [0.3, 0.4) is 0 Å². The van der Waals surface area contributed by atoms with Crippen molar-refractivity contribution >= 4 is 16.7 Å². The standard InChI is InChI=1S/C24H24N4O3/c1-14(16-6-5-7-17(10-16)18-8-9-23(29)25-13-18)26-24-19-11-21(30-3)22(31-4)12-20(19)27-15(2)28-24/h5-14H,1-4H3,(H,25,29)(H,26,27,28). The zero-order chi connectivity index (χ0) is 22.0. The smallest absolute Gasteiger partial charge is 0.210 e. The first kappa shape index (κ1) is 20.4. The summed E-state index contributed by atoms with van der Waals surface area (Å²) in [5.41, 5.74) is 3.83. The third kappa shape index (κ3) is 4.21. The second kappa shape index (κ2) is 8.47. The number of anilines is 1. The van der Waals surface area contributed by atoms with Crippen LogP contribution in [0.5, 0.6) is 17.4 Å². The first-order chi connectivity index (χ1) is 15.0. The molecule has 0 spiro atoms. The van der Waals surface area contributed by atoms with Gasteiger partial charge in [-0.2, -0.15) is 0 Å². The van der Waals surface area contributed by atoms with E-state index in [0.717, 1.165) is 33.4 Å². The molecule has 2 heterocycles. The molecular formula is C24H24N4O3. The first-order valence-electron chi connectivity index (χ1n) is 9.90. The highest BCUT2D eigenvalue weighted by atomic mass is 16.5. The van der Waals surface area contributed by atoms with E-state index in [0.29, 0.717) is 17.3 Å². The second-order valence-corrected chi connectivity index (χ2v) is 7.24. The summed E-state index contributed by atoms with van der Waals surface area (Å²) >= 11 is 0. The molecule has 1 unspecified atom stereocenters. The van der Waals surface area contributed by atoms with Gasteiger partial charge in [0.25, 0.3) is 0 Å². The number of benzene rings is 2. The summed E-state index contributed by atoms with van der Waals surface area (Å²) in [6.45, 7) is 3.95. The number of aromatic hydroxyl groups is 1. The number of nitrogens with zero attached hydrogens (tertiary/aromatic N) is 3. The van der Waals surface area contributed by atoms with E-state index in [1.807, 2.05) is 37.3 Å². The van der Waals surface area contributed by atoms with Crippen LogP contribution in [0, 0.1) is 6.92 Å². The van der Waals surface area contributed by atoms with E-state index in [4.69, 9.17) is 9.47 Å². The van der Waals surface area contributed by atoms with E-state index in [1.54, 1.807) is 26.5 Å². The predicted molar refractivity (Wildman–Crippen MR) is 121 cm³/mol. The Hall–Kier alpha value is -3.87. The SMILES string of the molecule is COc1cc2nc(C)nc(NC(C)c3cccc(-c4ccc(O)nc4)c3)c2cc1OC. The Morgan fingerprint density at radius 1 is 0.935 bits per heavy atom. The lowest BCUT2D eigenvalue weighted by Gasteiger charge is -2.18. The van der Waals surface area contributed by atoms with Gasteiger partial charge >= 0.3 is 0 Å². The van der Waals surface area contributed by atoms with Crippen molar-refractivity contribution in [1.29, 1.82) is 0 Å². The van der Waals surface area contributed by atoms with Gasteiger partial charge in [-0.15, -0.1) is 0 Å². The van der Waals surface area contributed by atoms with Crippen molar-refractivity contribution in [3.8, 4) is 28.5 Å². The number of nitrogens with one attached hydrogen (secondary N) is 1. The van der Waals surface area contributed by atoms with Crippen LogP contribution in [0.4, 0.5) is 5.82 Å². The summed E-state index contributed by atoms with van der Waals surface area (Å²) in [4.78, 5) is 13.2. The summed E-state index contributed by atoms with van der Waals surface area (Å²) in [7, 11) is 3.22. The minimum absolute atomic E-state index is 0.00741. The van der Waals surface area contributed by atoms with Crippen LogP contribution in [0.25, 0.3) is 22.0 Å². The summed E-state index contributed by atoms with van der Waals surface area (Å²) in [5, 5.41) is 13.8. The number of pyridine rings is 1. The van der Waals surface area contributed by atoms with Crippen LogP contribution in [0.2, 0.25) is 0 Å². The summed E-state index contributed by atoms with van der Waals surface area (Å²) in [6, 6.07) is 15.4. The number of rotatable bonds is 6. The maximum absolute atomic E-state index is 9.44. The molecule has 2 aromatic carbocycles. The molecule has 2 aromatic heterocycles. The quantitative estimate of drug-likeness (QED) is 0.462. The highest BCUT2D eigenvalue weighted by molar-refractivity contribution is 5.92. The number of methoxy groups -OCH3 is 2. The van der Waals surface area contributed by atoms with Gasteiger partial charge < -0.3 is 19.9 Å². The Labute approximate surface area is 180 Å². The zero-order valence-electron chi connectivity index (χ0n) is 17.9. The number of hydrogen-bond acceptors (Lipinski definition) is 7. The molecule has 0 amide bonds. The average molecular weight is 416 g/mol. The summed E-state index contributed by atoms with van der Waals surface area (Å²) in [5.74, 6) is 2.65. The molecule has 158 valence electrons. The number of ether oxygens (including phenoxy) is 2. The van der Waals surface area contributed by atoms with E-state index in [-0.39, 0.29) is 11.9 Å². The van der Waals surface area contributed by atoms with Gasteiger partial charge in [0, 0.05) is 35.3 Å². The Morgan fingerprint density at radius 2 is 1.71 bits per heavy atom. The fourth-order valence-corrected chi connectivity index (χ4v) is 3.51. The maximum Gasteiger partial charge on any atom is 0.210 e. The predicted octanol–water partition coefficient (Wildman–Crippen LogP) is 4.90. The Kier molecular flexibility index (Phi) is 5.58. The highest BCUT2D eigenvalue weighted by Crippen LogP contribution is 2.35. The van der Waals surface area contributed by atoms with Crippen molar-refractivity contribution in [1.82, 2.24) is 15.0 Å². The van der Waals surface area contributed by atoms with Crippen LogP contribution in [0.15, 0.2) is 54.7 Å². The molecule has 2 N–H and O–H groups in total. The molecule has 4 aromatic rings. The van der Waals surface area contributed by atoms with Crippen molar-refractivity contribution < 1.29 is 14.6 Å². The van der Waals surface area contributed by atoms with Crippen molar-refractivity contribution in [3.05, 3.63) is 66.1 Å². The molecular weight excluding hydrogens is 392 g/mol. The normalized spacial score (nSPS) is 11.9. The minimum atomic E-state index is -0.0179. The van der Waals surface area contributed by atoms with Gasteiger partial charge in [-0.05, 0) is 43.2 Å². The molecule has 0 bridgehead atoms. The lowest BCUT2D eigenvalue weighted by Crippen LogP contribution is -2.10. The number of aromatic nitrogens is 3. The third-order valence-electron chi connectivity index (χ3n) is 5.13. The van der Waals surface area contributed by atoms with Gasteiger partial charge in [-0.25, -0.2) is 15.0 Å². The van der Waals surface area contributed by atoms with Gasteiger partial charge in [0.1, 0.15) is 11.6 Å². The number of fused-ring (bicyclic) bond motifs is 1. The molecule has 4 rings (SSSR count). The molecule has 31 heavy (non-hydrogen) atoms. The van der Waals surface area contributed by atoms with E-state index >= 15 is 0 Å². The highest BCUT2D eigenvalue weighted by Gasteiger charge is 2.15. The fourth-order valence-electron chi connectivity index (χ4n) is 3.51. The monoisotopic (exact) mass is 416 g/mol. The molecule has 0 aliphatic rings. The molecule has 0 radical (unpaired) electrons. The lowest BCUT2D eigenvalue weighted by atomic mass is 10.0. The largest absolute Gasteiger partial charge is 0.493 e. The lowest BCUT2D eigenvalue weighted by molar-refractivity contribution is 0.356.